The van der Waals surface area contributed by atoms with Crippen LogP contribution in [0.3, 0.4) is 0 Å². The number of carbonyl (C=O) groups excluding carboxylic acids is 2. The van der Waals surface area contributed by atoms with Gasteiger partial charge in [0.1, 0.15) is 19.3 Å². The van der Waals surface area contributed by atoms with E-state index in [0.29, 0.717) is 12.0 Å². The summed E-state index contributed by atoms with van der Waals surface area (Å²) >= 11 is 0. The predicted octanol–water partition coefficient (Wildman–Crippen LogP) is 2.24. The van der Waals surface area contributed by atoms with E-state index in [-0.39, 0.29) is 31.0 Å². The van der Waals surface area contributed by atoms with Crippen molar-refractivity contribution >= 4 is 17.6 Å². The monoisotopic (exact) mass is 396 g/mol. The average Bonchev–Trinajstić information content (AvgIpc) is 2.60. The fourth-order valence-corrected chi connectivity index (χ4v) is 2.77. The Bertz CT molecular complexity index is 752. The maximum Gasteiger partial charge on any atom is 0.311 e. The van der Waals surface area contributed by atoms with Crippen molar-refractivity contribution in [3.05, 3.63) is 38.8 Å². The van der Waals surface area contributed by atoms with Crippen LogP contribution in [0.4, 0.5) is 5.69 Å². The lowest BCUT2D eigenvalue weighted by molar-refractivity contribution is -0.386. The molecule has 1 fully saturated rings. The van der Waals surface area contributed by atoms with Crippen molar-refractivity contribution in [1.29, 1.82) is 0 Å². The van der Waals surface area contributed by atoms with Crippen molar-refractivity contribution in [2.75, 3.05) is 6.61 Å². The molecular formula is C17H20N2O9. The summed E-state index contributed by atoms with van der Waals surface area (Å²) in [6.07, 6.45) is -1.70. The molecular weight excluding hydrogens is 376 g/mol. The number of hydrogen-bond acceptors (Lipinski definition) is 10. The highest BCUT2D eigenvalue weighted by Gasteiger charge is 2.34. The van der Waals surface area contributed by atoms with E-state index in [1.165, 1.54) is 32.0 Å². The molecule has 0 bridgehead atoms. The number of nitro benzene ring substituents is 1. The molecule has 0 spiro atoms. The molecule has 3 atom stereocenters. The highest BCUT2D eigenvalue weighted by molar-refractivity contribution is 5.66. The van der Waals surface area contributed by atoms with Crippen LogP contribution in [0.5, 0.6) is 5.75 Å². The van der Waals surface area contributed by atoms with Gasteiger partial charge in [0.25, 0.3) is 0 Å². The van der Waals surface area contributed by atoms with Crippen LogP contribution in [0.15, 0.2) is 23.4 Å². The van der Waals surface area contributed by atoms with E-state index in [9.17, 15) is 24.6 Å². The lowest BCUT2D eigenvalue weighted by Gasteiger charge is -2.34. The predicted molar refractivity (Wildman–Crippen MR) is 93.3 cm³/mol. The molecule has 3 unspecified atom stereocenters. The van der Waals surface area contributed by atoms with E-state index < -0.39 is 35.4 Å². The van der Waals surface area contributed by atoms with Gasteiger partial charge in [-0.15, -0.1) is 0 Å². The molecule has 1 aliphatic rings. The Kier molecular flexibility index (Phi) is 7.38. The molecule has 0 N–H and O–H groups in total. The summed E-state index contributed by atoms with van der Waals surface area (Å²) in [7, 11) is 0. The highest BCUT2D eigenvalue weighted by atomic mass is 16.7. The Labute approximate surface area is 160 Å². The molecule has 0 aliphatic carbocycles. The lowest BCUT2D eigenvalue weighted by Crippen LogP contribution is -2.42. The molecule has 2 rings (SSSR count). The van der Waals surface area contributed by atoms with Gasteiger partial charge in [-0.25, -0.2) is 0 Å². The fourth-order valence-electron chi connectivity index (χ4n) is 2.77. The van der Waals surface area contributed by atoms with Crippen LogP contribution in [0, 0.1) is 15.0 Å². The smallest absolute Gasteiger partial charge is 0.311 e. The average molecular weight is 396 g/mol. The van der Waals surface area contributed by atoms with E-state index in [4.69, 9.17) is 18.9 Å². The zero-order valence-corrected chi connectivity index (χ0v) is 15.4. The molecule has 0 amide bonds. The van der Waals surface area contributed by atoms with E-state index in [2.05, 4.69) is 5.18 Å². The second-order valence-electron chi connectivity index (χ2n) is 6.16. The zero-order chi connectivity index (χ0) is 20.7. The van der Waals surface area contributed by atoms with Crippen molar-refractivity contribution in [3.63, 3.8) is 0 Å². The highest BCUT2D eigenvalue weighted by Crippen LogP contribution is 2.32. The minimum Gasteiger partial charge on any atom is -0.463 e. The van der Waals surface area contributed by atoms with Crippen molar-refractivity contribution in [3.8, 4) is 5.75 Å². The summed E-state index contributed by atoms with van der Waals surface area (Å²) in [5.41, 5.74) is 0.0139. The van der Waals surface area contributed by atoms with Gasteiger partial charge in [0.2, 0.25) is 6.29 Å². The molecule has 0 saturated carbocycles. The Hall–Kier alpha value is -3.08. The molecule has 1 aromatic rings. The van der Waals surface area contributed by atoms with Crippen molar-refractivity contribution < 1.29 is 33.5 Å². The minimum absolute atomic E-state index is 0.0700. The molecule has 1 saturated heterocycles. The number of nitroso groups, excluding NO2 is 1. The van der Waals surface area contributed by atoms with Gasteiger partial charge in [0, 0.05) is 32.8 Å². The number of rotatable bonds is 8. The molecule has 0 radical (unpaired) electrons. The summed E-state index contributed by atoms with van der Waals surface area (Å²) in [4.78, 5) is 43.4. The first-order chi connectivity index (χ1) is 13.3. The number of hydrogen-bond donors (Lipinski definition) is 0. The molecule has 1 aromatic carbocycles. The Balaban J connectivity index is 2.17. The Morgan fingerprint density at radius 3 is 2.64 bits per heavy atom. The molecule has 11 nitrogen and oxygen atoms in total. The van der Waals surface area contributed by atoms with Gasteiger partial charge in [-0.2, -0.15) is 4.91 Å². The number of carbonyl (C=O) groups is 2. The van der Waals surface area contributed by atoms with Crippen LogP contribution in [0.25, 0.3) is 0 Å². The van der Waals surface area contributed by atoms with Crippen LogP contribution < -0.4 is 4.74 Å². The summed E-state index contributed by atoms with van der Waals surface area (Å²) in [6.45, 7) is 2.23. The number of benzene rings is 1. The van der Waals surface area contributed by atoms with Crippen molar-refractivity contribution in [1.82, 2.24) is 0 Å². The van der Waals surface area contributed by atoms with E-state index in [0.717, 1.165) is 0 Å². The summed E-state index contributed by atoms with van der Waals surface area (Å²) in [5, 5.41) is 14.0. The maximum absolute atomic E-state index is 11.3. The molecule has 0 aromatic heterocycles. The Morgan fingerprint density at radius 1 is 1.29 bits per heavy atom. The van der Waals surface area contributed by atoms with Gasteiger partial charge in [0.05, 0.1) is 11.0 Å². The largest absolute Gasteiger partial charge is 0.463 e. The second-order valence-corrected chi connectivity index (χ2v) is 6.16. The molecule has 152 valence electrons. The number of ether oxygens (including phenoxy) is 4. The van der Waals surface area contributed by atoms with Gasteiger partial charge < -0.3 is 18.9 Å². The zero-order valence-electron chi connectivity index (χ0n) is 15.4. The summed E-state index contributed by atoms with van der Waals surface area (Å²) < 4.78 is 21.4. The maximum atomic E-state index is 11.3. The fraction of sp³-hybridized carbons (Fsp3) is 0.529. The number of nitro groups is 1. The van der Waals surface area contributed by atoms with Crippen LogP contribution in [0.2, 0.25) is 0 Å². The van der Waals surface area contributed by atoms with Gasteiger partial charge in [0.15, 0.2) is 5.75 Å². The first kappa shape index (κ1) is 21.2. The molecule has 1 heterocycles. The lowest BCUT2D eigenvalue weighted by atomic mass is 10.1. The first-order valence-corrected chi connectivity index (χ1v) is 8.47. The van der Waals surface area contributed by atoms with Gasteiger partial charge in [-0.3, -0.25) is 19.7 Å². The van der Waals surface area contributed by atoms with Gasteiger partial charge in [-0.1, -0.05) is 11.2 Å². The van der Waals surface area contributed by atoms with Crippen LogP contribution in [0.1, 0.15) is 32.3 Å². The first-order valence-electron chi connectivity index (χ1n) is 8.47. The third-order valence-corrected chi connectivity index (χ3v) is 3.86. The second kappa shape index (κ2) is 9.74. The normalized spacial score (nSPS) is 21.4. The third-order valence-electron chi connectivity index (χ3n) is 3.86. The molecule has 11 heteroatoms. The summed E-state index contributed by atoms with van der Waals surface area (Å²) in [6, 6.07) is 4.02. The van der Waals surface area contributed by atoms with Crippen LogP contribution in [-0.4, -0.2) is 42.0 Å². The van der Waals surface area contributed by atoms with E-state index in [1.54, 1.807) is 0 Å². The number of esters is 2. The quantitative estimate of drug-likeness (QED) is 0.279. The van der Waals surface area contributed by atoms with Crippen molar-refractivity contribution in [2.45, 2.75) is 51.7 Å². The van der Waals surface area contributed by atoms with Crippen LogP contribution >= 0.6 is 0 Å². The van der Waals surface area contributed by atoms with E-state index >= 15 is 0 Å². The van der Waals surface area contributed by atoms with Crippen LogP contribution in [-0.2, 0) is 30.3 Å². The Morgan fingerprint density at radius 2 is 2.04 bits per heavy atom. The molecule has 28 heavy (non-hydrogen) atoms. The summed E-state index contributed by atoms with van der Waals surface area (Å²) in [5.74, 6) is -1.06. The standard InChI is InChI=1S/C17H20N2O9/c1-10(20)25-9-14-6-13(26-11(2)21)7-17(27-14)28-16-4-3-12(8-18-22)5-15(16)19(23)24/h3-5,13-14,17H,6-9H2,1-2H3. The topological polar surface area (TPSA) is 144 Å². The van der Waals surface area contributed by atoms with Crippen molar-refractivity contribution in [2.24, 2.45) is 5.18 Å². The van der Waals surface area contributed by atoms with E-state index in [1.807, 2.05) is 0 Å². The number of nitrogens with zero attached hydrogens (tertiary/aromatic N) is 2. The molecule has 1 aliphatic heterocycles. The van der Waals surface area contributed by atoms with Gasteiger partial charge in [-0.05, 0) is 11.6 Å². The van der Waals surface area contributed by atoms with Gasteiger partial charge >= 0.3 is 17.6 Å². The minimum atomic E-state index is -0.965. The SMILES string of the molecule is CC(=O)OCC1CC(OC(C)=O)CC(Oc2ccc(CN=O)cc2[N+](=O)[O-])O1. The third kappa shape index (κ3) is 6.27.